The Morgan fingerprint density at radius 2 is 1.95 bits per heavy atom. The van der Waals surface area contributed by atoms with E-state index < -0.39 is 4.92 Å². The van der Waals surface area contributed by atoms with Crippen molar-refractivity contribution >= 4 is 24.0 Å². The fourth-order valence-electron chi connectivity index (χ4n) is 1.71. The van der Waals surface area contributed by atoms with Gasteiger partial charge in [-0.1, -0.05) is 12.1 Å². The Kier molecular flexibility index (Phi) is 6.41. The lowest BCUT2D eigenvalue weighted by atomic mass is 10.2. The van der Waals surface area contributed by atoms with Gasteiger partial charge in [0.15, 0.2) is 0 Å². The second-order valence-corrected chi connectivity index (χ2v) is 4.77. The molecule has 1 saturated carbocycles. The number of carbonyl (C=O) groups is 1. The minimum atomic E-state index is -0.440. The first kappa shape index (κ1) is 16.4. The van der Waals surface area contributed by atoms with Crippen molar-refractivity contribution in [2.75, 3.05) is 13.1 Å². The molecule has 0 heterocycles. The number of nitrogens with one attached hydrogen (secondary N) is 2. The number of rotatable bonds is 7. The van der Waals surface area contributed by atoms with Gasteiger partial charge in [-0.2, -0.15) is 0 Å². The average molecular weight is 300 g/mol. The number of carbonyl (C=O) groups excluding carboxylic acids is 1. The molecule has 1 amide bonds. The molecule has 1 aromatic rings. The largest absolute Gasteiger partial charge is 0.351 e. The third-order valence-corrected chi connectivity index (χ3v) is 3.05. The van der Waals surface area contributed by atoms with Crippen LogP contribution in [0.15, 0.2) is 24.3 Å². The van der Waals surface area contributed by atoms with Gasteiger partial charge in [-0.15, -0.1) is 12.4 Å². The van der Waals surface area contributed by atoms with Gasteiger partial charge in [-0.25, -0.2) is 0 Å². The number of halogens is 1. The summed E-state index contributed by atoms with van der Waals surface area (Å²) in [5, 5.41) is 16.4. The number of nitrogens with zero attached hydrogens (tertiary/aromatic N) is 1. The maximum Gasteiger partial charge on any atom is 0.269 e. The number of non-ortho nitro benzene ring substituents is 1. The number of nitro benzene ring substituents is 1. The first-order valence-corrected chi connectivity index (χ1v) is 6.36. The van der Waals surface area contributed by atoms with Crippen molar-refractivity contribution in [1.29, 1.82) is 0 Å². The van der Waals surface area contributed by atoms with Gasteiger partial charge in [0.05, 0.1) is 11.5 Å². The fraction of sp³-hybridized carbons (Fsp3) is 0.462. The minimum Gasteiger partial charge on any atom is -0.351 e. The van der Waals surface area contributed by atoms with E-state index in [1.807, 2.05) is 0 Å². The Bertz CT molecular complexity index is 460. The average Bonchev–Trinajstić information content (AvgIpc) is 3.21. The van der Waals surface area contributed by atoms with Crippen LogP contribution in [0, 0.1) is 16.0 Å². The van der Waals surface area contributed by atoms with E-state index in [1.54, 1.807) is 12.1 Å². The Morgan fingerprint density at radius 1 is 1.30 bits per heavy atom. The molecule has 1 aromatic carbocycles. The predicted molar refractivity (Wildman–Crippen MR) is 77.8 cm³/mol. The highest BCUT2D eigenvalue weighted by molar-refractivity contribution is 5.85. The number of hydrogen-bond acceptors (Lipinski definition) is 4. The maximum atomic E-state index is 11.5. The molecule has 0 aromatic heterocycles. The van der Waals surface area contributed by atoms with Gasteiger partial charge in [-0.05, 0) is 30.9 Å². The molecule has 2 rings (SSSR count). The van der Waals surface area contributed by atoms with Crippen LogP contribution in [0.25, 0.3) is 0 Å². The van der Waals surface area contributed by atoms with Gasteiger partial charge in [-0.3, -0.25) is 14.9 Å². The topological polar surface area (TPSA) is 84.3 Å². The van der Waals surface area contributed by atoms with Crippen LogP contribution in [-0.4, -0.2) is 23.9 Å². The zero-order valence-corrected chi connectivity index (χ0v) is 11.8. The van der Waals surface area contributed by atoms with Crippen molar-refractivity contribution < 1.29 is 9.72 Å². The molecule has 0 atom stereocenters. The summed E-state index contributed by atoms with van der Waals surface area (Å²) in [6, 6.07) is 6.17. The molecule has 20 heavy (non-hydrogen) atoms. The van der Waals surface area contributed by atoms with E-state index in [-0.39, 0.29) is 24.0 Å². The molecular weight excluding hydrogens is 282 g/mol. The summed E-state index contributed by atoms with van der Waals surface area (Å²) < 4.78 is 0. The summed E-state index contributed by atoms with van der Waals surface area (Å²) in [4.78, 5) is 21.6. The van der Waals surface area contributed by atoms with Gasteiger partial charge < -0.3 is 10.6 Å². The van der Waals surface area contributed by atoms with Gasteiger partial charge in [0, 0.05) is 18.7 Å². The standard InChI is InChI=1S/C13H17N3O3.ClH/c17-13(9-14-7-10-1-2-10)15-8-11-3-5-12(6-4-11)16(18)19;/h3-6,10,14H,1-2,7-9H2,(H,15,17);1H. The van der Waals surface area contributed by atoms with E-state index in [9.17, 15) is 14.9 Å². The first-order valence-electron chi connectivity index (χ1n) is 6.36. The Labute approximate surface area is 123 Å². The van der Waals surface area contributed by atoms with Crippen LogP contribution < -0.4 is 10.6 Å². The van der Waals surface area contributed by atoms with Crippen molar-refractivity contribution in [3.05, 3.63) is 39.9 Å². The molecular formula is C13H18ClN3O3. The summed E-state index contributed by atoms with van der Waals surface area (Å²) in [6.07, 6.45) is 2.52. The Balaban J connectivity index is 0.00000200. The molecule has 0 bridgehead atoms. The highest BCUT2D eigenvalue weighted by Crippen LogP contribution is 2.27. The van der Waals surface area contributed by atoms with Crippen molar-refractivity contribution in [3.8, 4) is 0 Å². The lowest BCUT2D eigenvalue weighted by Gasteiger charge is -2.06. The molecule has 2 N–H and O–H groups in total. The van der Waals surface area contributed by atoms with E-state index in [0.717, 1.165) is 18.0 Å². The maximum absolute atomic E-state index is 11.5. The van der Waals surface area contributed by atoms with Gasteiger partial charge in [0.1, 0.15) is 0 Å². The van der Waals surface area contributed by atoms with Crippen molar-refractivity contribution in [1.82, 2.24) is 10.6 Å². The third kappa shape index (κ3) is 5.54. The minimum absolute atomic E-state index is 0. The molecule has 0 unspecified atom stereocenters. The molecule has 0 saturated heterocycles. The second kappa shape index (κ2) is 7.81. The lowest BCUT2D eigenvalue weighted by Crippen LogP contribution is -2.34. The number of amides is 1. The Morgan fingerprint density at radius 3 is 2.50 bits per heavy atom. The summed E-state index contributed by atoms with van der Waals surface area (Å²) in [5.41, 5.74) is 0.905. The summed E-state index contributed by atoms with van der Waals surface area (Å²) in [7, 11) is 0. The van der Waals surface area contributed by atoms with Crippen LogP contribution in [0.4, 0.5) is 5.69 Å². The number of benzene rings is 1. The van der Waals surface area contributed by atoms with E-state index in [4.69, 9.17) is 0 Å². The monoisotopic (exact) mass is 299 g/mol. The van der Waals surface area contributed by atoms with Crippen LogP contribution in [0.3, 0.4) is 0 Å². The first-order chi connectivity index (χ1) is 9.15. The molecule has 1 aliphatic carbocycles. The molecule has 7 heteroatoms. The highest BCUT2D eigenvalue weighted by Gasteiger charge is 2.20. The van der Waals surface area contributed by atoms with Crippen LogP contribution in [0.2, 0.25) is 0 Å². The molecule has 0 aliphatic heterocycles. The van der Waals surface area contributed by atoms with Crippen molar-refractivity contribution in [3.63, 3.8) is 0 Å². The summed E-state index contributed by atoms with van der Waals surface area (Å²) >= 11 is 0. The smallest absolute Gasteiger partial charge is 0.269 e. The number of nitro groups is 1. The molecule has 110 valence electrons. The molecule has 6 nitrogen and oxygen atoms in total. The SMILES string of the molecule is Cl.O=C(CNCC1CC1)NCc1ccc([N+](=O)[O-])cc1. The molecule has 0 radical (unpaired) electrons. The number of hydrogen-bond donors (Lipinski definition) is 2. The van der Waals surface area contributed by atoms with Gasteiger partial charge in [0.25, 0.3) is 5.69 Å². The van der Waals surface area contributed by atoms with Crippen LogP contribution >= 0.6 is 12.4 Å². The second-order valence-electron chi connectivity index (χ2n) is 4.77. The Hall–Kier alpha value is -1.66. The van der Waals surface area contributed by atoms with Crippen LogP contribution in [-0.2, 0) is 11.3 Å². The van der Waals surface area contributed by atoms with E-state index >= 15 is 0 Å². The summed E-state index contributed by atoms with van der Waals surface area (Å²) in [6.45, 7) is 1.62. The fourth-order valence-corrected chi connectivity index (χ4v) is 1.71. The third-order valence-electron chi connectivity index (χ3n) is 3.05. The van der Waals surface area contributed by atoms with Crippen molar-refractivity contribution in [2.24, 2.45) is 5.92 Å². The highest BCUT2D eigenvalue weighted by atomic mass is 35.5. The molecule has 1 aliphatic rings. The van der Waals surface area contributed by atoms with E-state index in [1.165, 1.54) is 25.0 Å². The lowest BCUT2D eigenvalue weighted by molar-refractivity contribution is -0.384. The molecule has 1 fully saturated rings. The quantitative estimate of drug-likeness (QED) is 0.592. The van der Waals surface area contributed by atoms with E-state index in [2.05, 4.69) is 10.6 Å². The zero-order chi connectivity index (χ0) is 13.7. The predicted octanol–water partition coefficient (Wildman–Crippen LogP) is 1.63. The summed E-state index contributed by atoms with van der Waals surface area (Å²) in [5.74, 6) is 0.696. The molecule has 0 spiro atoms. The van der Waals surface area contributed by atoms with Crippen LogP contribution in [0.5, 0.6) is 0 Å². The zero-order valence-electron chi connectivity index (χ0n) is 11.0. The normalized spacial score (nSPS) is 13.4. The van der Waals surface area contributed by atoms with Crippen LogP contribution in [0.1, 0.15) is 18.4 Å². The van der Waals surface area contributed by atoms with Crippen molar-refractivity contribution in [2.45, 2.75) is 19.4 Å². The van der Waals surface area contributed by atoms with E-state index in [0.29, 0.717) is 13.1 Å². The van der Waals surface area contributed by atoms with Gasteiger partial charge in [0.2, 0.25) is 5.91 Å². The van der Waals surface area contributed by atoms with Gasteiger partial charge >= 0.3 is 0 Å².